The van der Waals surface area contributed by atoms with Crippen LogP contribution < -0.4 is 4.74 Å². The maximum Gasteiger partial charge on any atom is 0.259 e. The number of ether oxygens (including phenoxy) is 1. The van der Waals surface area contributed by atoms with Crippen molar-refractivity contribution in [2.75, 3.05) is 33.0 Å². The van der Waals surface area contributed by atoms with Crippen LogP contribution in [-0.2, 0) is 10.0 Å². The molecule has 0 saturated carbocycles. The zero-order valence-corrected chi connectivity index (χ0v) is 19.9. The van der Waals surface area contributed by atoms with E-state index >= 15 is 0 Å². The van der Waals surface area contributed by atoms with Crippen molar-refractivity contribution in [3.63, 3.8) is 0 Å². The van der Waals surface area contributed by atoms with Crippen molar-refractivity contribution >= 4 is 15.9 Å². The zero-order valence-electron chi connectivity index (χ0n) is 19.1. The first-order valence-corrected chi connectivity index (χ1v) is 12.4. The lowest BCUT2D eigenvalue weighted by Crippen LogP contribution is -2.50. The Labute approximate surface area is 194 Å². The van der Waals surface area contributed by atoms with Gasteiger partial charge in [-0.3, -0.25) is 9.78 Å². The van der Waals surface area contributed by atoms with Crippen LogP contribution in [0.2, 0.25) is 0 Å². The van der Waals surface area contributed by atoms with Crippen molar-refractivity contribution in [3.8, 4) is 17.7 Å². The molecule has 1 N–H and O–H groups in total. The van der Waals surface area contributed by atoms with E-state index in [4.69, 9.17) is 4.74 Å². The highest BCUT2D eigenvalue weighted by Gasteiger charge is 2.35. The largest absolute Gasteiger partial charge is 0.472 e. The Bertz CT molecular complexity index is 1160. The van der Waals surface area contributed by atoms with Gasteiger partial charge in [-0.05, 0) is 25.1 Å². The van der Waals surface area contributed by atoms with Crippen molar-refractivity contribution in [1.29, 1.82) is 0 Å². The van der Waals surface area contributed by atoms with E-state index in [0.717, 1.165) is 11.8 Å². The molecule has 9 nitrogen and oxygen atoms in total. The van der Waals surface area contributed by atoms with E-state index in [1.165, 1.54) is 17.5 Å². The van der Waals surface area contributed by atoms with Gasteiger partial charge in [0.25, 0.3) is 5.91 Å². The molecule has 0 spiro atoms. The third-order valence-electron chi connectivity index (χ3n) is 5.54. The summed E-state index contributed by atoms with van der Waals surface area (Å²) in [6.45, 7) is 3.80. The Balaban J connectivity index is 2.01. The maximum absolute atomic E-state index is 13.4. The molecule has 176 valence electrons. The molecule has 1 aliphatic rings. The van der Waals surface area contributed by atoms with Crippen LogP contribution in [0.3, 0.4) is 0 Å². The van der Waals surface area contributed by atoms with E-state index in [1.807, 2.05) is 13.0 Å². The van der Waals surface area contributed by atoms with Crippen LogP contribution in [0, 0.1) is 17.8 Å². The van der Waals surface area contributed by atoms with Crippen LogP contribution in [0.25, 0.3) is 0 Å². The van der Waals surface area contributed by atoms with Crippen LogP contribution >= 0.6 is 0 Å². The Kier molecular flexibility index (Phi) is 7.68. The van der Waals surface area contributed by atoms with Crippen molar-refractivity contribution in [2.24, 2.45) is 5.92 Å². The van der Waals surface area contributed by atoms with E-state index < -0.39 is 22.2 Å². The standard InChI is InChI=1S/C23H28N4O5S/c1-16-13-27(17(2)15-28)23(29)20-10-19(8-7-18-6-5-9-24-11-18)12-25-22(20)32-21(16)14-26(3)33(4,30)31/h5-6,9-12,16-17,21,28H,13-15H2,1-4H3/t16-,17-,21-/m1/s1. The second kappa shape index (κ2) is 10.3. The molecule has 0 aromatic carbocycles. The predicted molar refractivity (Wildman–Crippen MR) is 123 cm³/mol. The Morgan fingerprint density at radius 3 is 2.70 bits per heavy atom. The first-order valence-electron chi connectivity index (χ1n) is 10.5. The number of likely N-dealkylation sites (N-methyl/N-ethyl adjacent to an activating group) is 1. The molecular formula is C23H28N4O5S. The van der Waals surface area contributed by atoms with Crippen LogP contribution in [0.5, 0.6) is 5.88 Å². The van der Waals surface area contributed by atoms with E-state index in [2.05, 4.69) is 21.8 Å². The first-order chi connectivity index (χ1) is 15.6. The fourth-order valence-corrected chi connectivity index (χ4v) is 3.78. The van der Waals surface area contributed by atoms with E-state index in [9.17, 15) is 18.3 Å². The van der Waals surface area contributed by atoms with Gasteiger partial charge in [0, 0.05) is 49.2 Å². The van der Waals surface area contributed by atoms with E-state index in [0.29, 0.717) is 5.56 Å². The number of sulfonamides is 1. The summed E-state index contributed by atoms with van der Waals surface area (Å²) in [5, 5.41) is 9.73. The summed E-state index contributed by atoms with van der Waals surface area (Å²) in [6.07, 6.45) is 5.38. The quantitative estimate of drug-likeness (QED) is 0.646. The van der Waals surface area contributed by atoms with Crippen molar-refractivity contribution < 1.29 is 23.1 Å². The maximum atomic E-state index is 13.4. The van der Waals surface area contributed by atoms with Gasteiger partial charge in [-0.25, -0.2) is 17.7 Å². The number of aliphatic hydroxyl groups is 1. The molecule has 10 heteroatoms. The molecule has 3 heterocycles. The van der Waals surface area contributed by atoms with Crippen LogP contribution in [-0.4, -0.2) is 83.8 Å². The molecule has 2 aromatic heterocycles. The Morgan fingerprint density at radius 2 is 2.06 bits per heavy atom. The summed E-state index contributed by atoms with van der Waals surface area (Å²) < 4.78 is 31.2. The summed E-state index contributed by atoms with van der Waals surface area (Å²) >= 11 is 0. The highest BCUT2D eigenvalue weighted by atomic mass is 32.2. The average molecular weight is 473 g/mol. The molecule has 33 heavy (non-hydrogen) atoms. The topological polar surface area (TPSA) is 113 Å². The number of amides is 1. The fraction of sp³-hybridized carbons (Fsp3) is 0.435. The monoisotopic (exact) mass is 472 g/mol. The molecule has 1 amide bonds. The van der Waals surface area contributed by atoms with Crippen molar-refractivity contribution in [2.45, 2.75) is 26.0 Å². The lowest BCUT2D eigenvalue weighted by molar-refractivity contribution is 0.0373. The van der Waals surface area contributed by atoms with Gasteiger partial charge in [0.15, 0.2) is 0 Å². The number of aliphatic hydroxyl groups excluding tert-OH is 1. The normalized spacial score (nSPS) is 19.6. The number of aromatic nitrogens is 2. The Morgan fingerprint density at radius 1 is 1.33 bits per heavy atom. The number of nitrogens with zero attached hydrogens (tertiary/aromatic N) is 4. The number of fused-ring (bicyclic) bond motifs is 1. The van der Waals surface area contributed by atoms with Crippen LogP contribution in [0.1, 0.15) is 35.3 Å². The fourth-order valence-electron chi connectivity index (χ4n) is 3.36. The molecule has 0 aliphatic carbocycles. The van der Waals surface area contributed by atoms with Crippen molar-refractivity contribution in [3.05, 3.63) is 53.5 Å². The van der Waals surface area contributed by atoms with Gasteiger partial charge in [-0.15, -0.1) is 0 Å². The van der Waals surface area contributed by atoms with Gasteiger partial charge >= 0.3 is 0 Å². The Hall–Kier alpha value is -3.00. The molecule has 1 aliphatic heterocycles. The average Bonchev–Trinajstić information content (AvgIpc) is 2.79. The van der Waals surface area contributed by atoms with Gasteiger partial charge in [0.05, 0.1) is 25.4 Å². The summed E-state index contributed by atoms with van der Waals surface area (Å²) in [5.74, 6) is 5.53. The molecule has 2 aromatic rings. The summed E-state index contributed by atoms with van der Waals surface area (Å²) in [6, 6.07) is 4.77. The minimum absolute atomic E-state index is 0.0964. The minimum atomic E-state index is -3.42. The molecular weight excluding hydrogens is 444 g/mol. The zero-order chi connectivity index (χ0) is 24.2. The third-order valence-corrected chi connectivity index (χ3v) is 6.82. The molecule has 3 rings (SSSR count). The SMILES string of the molecule is C[C@@H]1CN([C@H](C)CO)C(=O)c2cc(C#Cc3cccnc3)cnc2O[C@@H]1CN(C)S(C)(=O)=O. The van der Waals surface area contributed by atoms with Gasteiger partial charge < -0.3 is 14.7 Å². The number of carbonyl (C=O) groups is 1. The lowest BCUT2D eigenvalue weighted by atomic mass is 10.0. The molecule has 0 bridgehead atoms. The second-order valence-electron chi connectivity index (χ2n) is 8.23. The molecule has 3 atom stereocenters. The summed E-state index contributed by atoms with van der Waals surface area (Å²) in [5.41, 5.74) is 1.46. The van der Waals surface area contributed by atoms with Crippen LogP contribution in [0.4, 0.5) is 0 Å². The minimum Gasteiger partial charge on any atom is -0.472 e. The summed E-state index contributed by atoms with van der Waals surface area (Å²) in [4.78, 5) is 23.3. The molecule has 0 saturated heterocycles. The molecule has 0 fully saturated rings. The molecule has 0 radical (unpaired) electrons. The predicted octanol–water partition coefficient (Wildman–Crippen LogP) is 0.988. The number of rotatable bonds is 5. The number of pyridine rings is 2. The molecule has 0 unspecified atom stereocenters. The van der Waals surface area contributed by atoms with Gasteiger partial charge in [0.2, 0.25) is 15.9 Å². The van der Waals surface area contributed by atoms with Gasteiger partial charge in [-0.2, -0.15) is 0 Å². The highest BCUT2D eigenvalue weighted by molar-refractivity contribution is 7.88. The van der Waals surface area contributed by atoms with Gasteiger partial charge in [0.1, 0.15) is 11.7 Å². The van der Waals surface area contributed by atoms with Gasteiger partial charge in [-0.1, -0.05) is 18.8 Å². The van der Waals surface area contributed by atoms with Crippen molar-refractivity contribution in [1.82, 2.24) is 19.2 Å². The van der Waals surface area contributed by atoms with E-state index in [1.54, 1.807) is 36.4 Å². The second-order valence-corrected chi connectivity index (χ2v) is 10.3. The highest BCUT2D eigenvalue weighted by Crippen LogP contribution is 2.27. The lowest BCUT2D eigenvalue weighted by Gasteiger charge is -2.37. The number of hydrogen-bond acceptors (Lipinski definition) is 7. The van der Waals surface area contributed by atoms with E-state index in [-0.39, 0.29) is 43.0 Å². The number of hydrogen-bond donors (Lipinski definition) is 1. The third kappa shape index (κ3) is 6.07. The smallest absolute Gasteiger partial charge is 0.259 e. The first kappa shape index (κ1) is 24.6. The summed E-state index contributed by atoms with van der Waals surface area (Å²) in [7, 11) is -1.94. The number of carbonyl (C=O) groups excluding carboxylic acids is 1. The van der Waals surface area contributed by atoms with Crippen LogP contribution in [0.15, 0.2) is 36.8 Å².